The minimum Gasteiger partial charge on any atom is -0.493 e. The lowest BCUT2D eigenvalue weighted by Crippen LogP contribution is -2.35. The molecule has 0 saturated carbocycles. The maximum Gasteiger partial charge on any atom is 0.355 e. The van der Waals surface area contributed by atoms with Gasteiger partial charge in [-0.05, 0) is 42.3 Å². The number of rotatable bonds is 11. The van der Waals surface area contributed by atoms with Crippen LogP contribution in [0.1, 0.15) is 22.6 Å². The minimum atomic E-state index is -0.631. The highest BCUT2D eigenvalue weighted by Crippen LogP contribution is 2.23. The number of benzene rings is 3. The van der Waals surface area contributed by atoms with Gasteiger partial charge in [-0.15, -0.1) is 0 Å². The van der Waals surface area contributed by atoms with Crippen molar-refractivity contribution in [1.82, 2.24) is 9.99 Å². The van der Waals surface area contributed by atoms with Gasteiger partial charge in [0.2, 0.25) is 5.89 Å². The van der Waals surface area contributed by atoms with Crippen LogP contribution in [0, 0.1) is 6.92 Å². The number of carbonyl (C=O) groups is 1. The highest BCUT2D eigenvalue weighted by molar-refractivity contribution is 5.88. The summed E-state index contributed by atoms with van der Waals surface area (Å²) in [6, 6.07) is 27.1. The Morgan fingerprint density at radius 1 is 0.974 bits per heavy atom. The summed E-state index contributed by atoms with van der Waals surface area (Å²) in [5.74, 6) is 7.81. The van der Waals surface area contributed by atoms with Crippen LogP contribution in [0.5, 0.6) is 5.75 Å². The quantitative estimate of drug-likeness (QED) is 0.130. The van der Waals surface area contributed by atoms with Crippen LogP contribution in [0.3, 0.4) is 0 Å². The van der Waals surface area contributed by atoms with Crippen LogP contribution < -0.4 is 16.3 Å². The van der Waals surface area contributed by atoms with Gasteiger partial charge in [0.25, 0.3) is 0 Å². The second-order valence-electron chi connectivity index (χ2n) is 8.78. The number of aromatic nitrogens is 1. The number of hydrogen-bond donors (Lipinski definition) is 2. The van der Waals surface area contributed by atoms with E-state index in [9.17, 15) is 4.79 Å². The molecule has 1 aromatic heterocycles. The van der Waals surface area contributed by atoms with Crippen molar-refractivity contribution in [2.24, 2.45) is 11.6 Å². The van der Waals surface area contributed by atoms with Crippen molar-refractivity contribution in [3.63, 3.8) is 0 Å². The number of carbonyl (C=O) groups excluding carboxylic acids is 1. The zero-order valence-corrected chi connectivity index (χ0v) is 21.6. The lowest BCUT2D eigenvalue weighted by Gasteiger charge is -2.24. The third-order valence-electron chi connectivity index (χ3n) is 6.05. The number of methoxy groups -OCH3 is 1. The van der Waals surface area contributed by atoms with Crippen LogP contribution >= 0.6 is 0 Å². The summed E-state index contributed by atoms with van der Waals surface area (Å²) in [5.41, 5.74) is 10.2. The van der Waals surface area contributed by atoms with Crippen LogP contribution in [0.4, 0.5) is 0 Å². The Labute approximate surface area is 222 Å². The second kappa shape index (κ2) is 12.6. The van der Waals surface area contributed by atoms with Crippen molar-refractivity contribution in [1.29, 1.82) is 0 Å². The molecule has 0 aliphatic rings. The number of oxazole rings is 1. The zero-order chi connectivity index (χ0) is 26.9. The van der Waals surface area contributed by atoms with E-state index in [0.717, 1.165) is 28.1 Å². The largest absolute Gasteiger partial charge is 0.493 e. The van der Waals surface area contributed by atoms with Crippen LogP contribution in [0.15, 0.2) is 101 Å². The summed E-state index contributed by atoms with van der Waals surface area (Å²) in [4.78, 5) is 16.9. The maximum absolute atomic E-state index is 12.2. The third kappa shape index (κ3) is 6.80. The SMILES string of the molecule is COC(=O)C(N)=C(Cc1cccc(OCCc2nc(-c3ccccc3)oc2C)c1)N(N)Cc1ccccc1. The number of aryl methyl sites for hydroxylation is 1. The third-order valence-corrected chi connectivity index (χ3v) is 6.05. The van der Waals surface area contributed by atoms with Crippen molar-refractivity contribution in [3.8, 4) is 17.2 Å². The highest BCUT2D eigenvalue weighted by atomic mass is 16.5. The Morgan fingerprint density at radius 3 is 2.37 bits per heavy atom. The number of hydrazine groups is 1. The van der Waals surface area contributed by atoms with Gasteiger partial charge in [-0.25, -0.2) is 15.6 Å². The molecule has 0 fully saturated rings. The summed E-state index contributed by atoms with van der Waals surface area (Å²) >= 11 is 0. The molecule has 38 heavy (non-hydrogen) atoms. The van der Waals surface area contributed by atoms with Gasteiger partial charge in [0.15, 0.2) is 0 Å². The van der Waals surface area contributed by atoms with Gasteiger partial charge >= 0.3 is 5.97 Å². The van der Waals surface area contributed by atoms with Gasteiger partial charge in [0, 0.05) is 18.4 Å². The van der Waals surface area contributed by atoms with Crippen molar-refractivity contribution in [2.45, 2.75) is 26.3 Å². The average Bonchev–Trinajstić information content (AvgIpc) is 3.32. The van der Waals surface area contributed by atoms with Crippen molar-refractivity contribution >= 4 is 5.97 Å². The van der Waals surface area contributed by atoms with E-state index in [-0.39, 0.29) is 5.70 Å². The summed E-state index contributed by atoms with van der Waals surface area (Å²) < 4.78 is 16.7. The standard InChI is InChI=1S/C30H32N4O4/c1-21-26(33-29(38-21)24-13-7-4-8-14-24)16-17-37-25-15-9-12-23(18-25)19-27(28(31)30(35)36-2)34(32)20-22-10-5-3-6-11-22/h3-15,18H,16-17,19-20,31-32H2,1-2H3. The first-order chi connectivity index (χ1) is 18.4. The molecular weight excluding hydrogens is 480 g/mol. The molecule has 0 bridgehead atoms. The fourth-order valence-corrected chi connectivity index (χ4v) is 4.02. The molecule has 0 spiro atoms. The lowest BCUT2D eigenvalue weighted by atomic mass is 10.1. The topological polar surface area (TPSA) is 117 Å². The summed E-state index contributed by atoms with van der Waals surface area (Å²) in [7, 11) is 1.29. The van der Waals surface area contributed by atoms with Gasteiger partial charge in [-0.2, -0.15) is 0 Å². The summed E-state index contributed by atoms with van der Waals surface area (Å²) in [5, 5.41) is 1.48. The molecule has 0 saturated heterocycles. The molecular formula is C30H32N4O4. The van der Waals surface area contributed by atoms with Crippen molar-refractivity contribution in [3.05, 3.63) is 119 Å². The fourth-order valence-electron chi connectivity index (χ4n) is 4.02. The first-order valence-electron chi connectivity index (χ1n) is 12.3. The molecule has 0 unspecified atom stereocenters. The molecule has 3 aromatic carbocycles. The summed E-state index contributed by atoms with van der Waals surface area (Å²) in [6.45, 7) is 2.71. The van der Waals surface area contributed by atoms with E-state index in [1.165, 1.54) is 12.1 Å². The van der Waals surface area contributed by atoms with Crippen LogP contribution in [-0.4, -0.2) is 29.7 Å². The van der Waals surface area contributed by atoms with E-state index in [2.05, 4.69) is 4.98 Å². The lowest BCUT2D eigenvalue weighted by molar-refractivity contribution is -0.136. The van der Waals surface area contributed by atoms with E-state index in [0.29, 0.717) is 43.3 Å². The fraction of sp³-hybridized carbons (Fsp3) is 0.200. The monoisotopic (exact) mass is 512 g/mol. The molecule has 1 heterocycles. The number of allylic oxidation sites excluding steroid dienone is 1. The van der Waals surface area contributed by atoms with Crippen molar-refractivity contribution in [2.75, 3.05) is 13.7 Å². The first kappa shape index (κ1) is 26.5. The van der Waals surface area contributed by atoms with Crippen LogP contribution in [0.2, 0.25) is 0 Å². The molecule has 0 aliphatic carbocycles. The van der Waals surface area contributed by atoms with Crippen LogP contribution in [0.25, 0.3) is 11.5 Å². The Hall–Kier alpha value is -4.56. The average molecular weight is 513 g/mol. The molecule has 8 heteroatoms. The Bertz CT molecular complexity index is 1380. The Morgan fingerprint density at radius 2 is 1.66 bits per heavy atom. The van der Waals surface area contributed by atoms with Gasteiger partial charge in [-0.3, -0.25) is 0 Å². The van der Waals surface area contributed by atoms with E-state index in [1.807, 2.05) is 91.9 Å². The van der Waals surface area contributed by atoms with Crippen LogP contribution in [-0.2, 0) is 28.9 Å². The Balaban J connectivity index is 1.43. The van der Waals surface area contributed by atoms with Crippen molar-refractivity contribution < 1.29 is 18.7 Å². The minimum absolute atomic E-state index is 0.0343. The zero-order valence-electron chi connectivity index (χ0n) is 21.6. The summed E-state index contributed by atoms with van der Waals surface area (Å²) in [6.07, 6.45) is 0.921. The second-order valence-corrected chi connectivity index (χ2v) is 8.78. The normalized spacial score (nSPS) is 11.6. The Kier molecular flexibility index (Phi) is 8.79. The number of ether oxygens (including phenoxy) is 2. The van der Waals surface area contributed by atoms with Gasteiger partial charge in [0.1, 0.15) is 17.2 Å². The molecule has 8 nitrogen and oxygen atoms in total. The van der Waals surface area contributed by atoms with E-state index >= 15 is 0 Å². The molecule has 196 valence electrons. The predicted octanol–water partition coefficient (Wildman–Crippen LogP) is 4.53. The predicted molar refractivity (Wildman–Crippen MR) is 145 cm³/mol. The molecule has 4 aromatic rings. The number of hydrogen-bond acceptors (Lipinski definition) is 8. The van der Waals surface area contributed by atoms with E-state index in [1.54, 1.807) is 0 Å². The number of esters is 1. The number of nitrogens with zero attached hydrogens (tertiary/aromatic N) is 2. The van der Waals surface area contributed by atoms with E-state index in [4.69, 9.17) is 25.5 Å². The van der Waals surface area contributed by atoms with Gasteiger partial charge in [-0.1, -0.05) is 60.7 Å². The van der Waals surface area contributed by atoms with E-state index < -0.39 is 5.97 Å². The molecule has 4 N–H and O–H groups in total. The number of nitrogens with two attached hydrogens (primary N) is 2. The van der Waals surface area contributed by atoms with Gasteiger partial charge in [0.05, 0.1) is 31.7 Å². The molecule has 0 amide bonds. The highest BCUT2D eigenvalue weighted by Gasteiger charge is 2.18. The molecule has 0 aliphatic heterocycles. The molecule has 0 radical (unpaired) electrons. The molecule has 0 atom stereocenters. The smallest absolute Gasteiger partial charge is 0.355 e. The molecule has 4 rings (SSSR count). The first-order valence-corrected chi connectivity index (χ1v) is 12.3. The maximum atomic E-state index is 12.2. The van der Waals surface area contributed by atoms with Gasteiger partial charge < -0.3 is 24.6 Å².